The largest absolute Gasteiger partial charge is 0.465 e. The molecule has 0 atom stereocenters. The summed E-state index contributed by atoms with van der Waals surface area (Å²) in [5.74, 6) is 0.207. The highest BCUT2D eigenvalue weighted by Crippen LogP contribution is 2.38. The van der Waals surface area contributed by atoms with Crippen molar-refractivity contribution in [2.75, 3.05) is 38.3 Å². The molecule has 1 saturated heterocycles. The van der Waals surface area contributed by atoms with Crippen molar-refractivity contribution in [1.82, 2.24) is 9.55 Å². The number of nitrogens with two attached hydrogens (primary N) is 1. The van der Waals surface area contributed by atoms with E-state index in [4.69, 9.17) is 20.2 Å². The molecule has 2 aliphatic rings. The number of benzene rings is 3. The van der Waals surface area contributed by atoms with Crippen LogP contribution in [0.3, 0.4) is 0 Å². The summed E-state index contributed by atoms with van der Waals surface area (Å²) in [7, 11) is 1.39. The van der Waals surface area contributed by atoms with Crippen LogP contribution in [0.15, 0.2) is 78.9 Å². The number of allylic oxidation sites excluding steroid dienone is 2. The number of imidazole rings is 1. The summed E-state index contributed by atoms with van der Waals surface area (Å²) in [6, 6.07) is 24.3. The summed E-state index contributed by atoms with van der Waals surface area (Å²) in [6.07, 6.45) is 7.22. The lowest BCUT2D eigenvalue weighted by Crippen LogP contribution is -2.43. The lowest BCUT2D eigenvalue weighted by molar-refractivity contribution is 0.0601. The monoisotopic (exact) mass is 574 g/mol. The molecule has 7 heteroatoms. The van der Waals surface area contributed by atoms with Crippen LogP contribution in [-0.4, -0.2) is 48.9 Å². The Morgan fingerprint density at radius 1 is 1.02 bits per heavy atom. The second-order valence-electron chi connectivity index (χ2n) is 11.4. The quantitative estimate of drug-likeness (QED) is 0.320. The number of esters is 1. The normalized spacial score (nSPS) is 17.0. The molecule has 3 aromatic carbocycles. The van der Waals surface area contributed by atoms with Gasteiger partial charge in [0.15, 0.2) is 0 Å². The lowest BCUT2D eigenvalue weighted by atomic mass is 9.73. The number of hydrogen-bond acceptors (Lipinski definition) is 6. The maximum Gasteiger partial charge on any atom is 0.338 e. The van der Waals surface area contributed by atoms with Crippen molar-refractivity contribution in [3.63, 3.8) is 0 Å². The molecule has 0 unspecified atom stereocenters. The van der Waals surface area contributed by atoms with Gasteiger partial charge in [-0.15, -0.1) is 0 Å². The topological polar surface area (TPSA) is 82.6 Å². The fraction of sp³-hybridized carbons (Fsp3) is 0.278. The van der Waals surface area contributed by atoms with E-state index < -0.39 is 5.97 Å². The van der Waals surface area contributed by atoms with E-state index in [1.165, 1.54) is 12.8 Å². The van der Waals surface area contributed by atoms with Gasteiger partial charge in [-0.05, 0) is 79.3 Å². The van der Waals surface area contributed by atoms with Crippen LogP contribution in [0.1, 0.15) is 47.7 Å². The van der Waals surface area contributed by atoms with Gasteiger partial charge in [0, 0.05) is 35.6 Å². The smallest absolute Gasteiger partial charge is 0.338 e. The molecule has 0 bridgehead atoms. The number of methoxy groups -OCH3 is 1. The van der Waals surface area contributed by atoms with Gasteiger partial charge in [0.05, 0.1) is 36.6 Å². The number of carbonyl (C=O) groups excluding carboxylic acids is 1. The molecule has 4 aromatic rings. The molecule has 1 aromatic heterocycles. The molecule has 0 amide bonds. The molecule has 1 aliphatic carbocycles. The number of carbonyl (C=O) groups is 1. The fourth-order valence-corrected chi connectivity index (χ4v) is 5.89. The first-order chi connectivity index (χ1) is 20.9. The van der Waals surface area contributed by atoms with Crippen molar-refractivity contribution in [1.29, 1.82) is 0 Å². The fourth-order valence-electron chi connectivity index (χ4n) is 5.89. The molecule has 220 valence electrons. The number of morpholine rings is 1. The highest BCUT2D eigenvalue weighted by atomic mass is 16.5. The molecule has 2 fully saturated rings. The van der Waals surface area contributed by atoms with E-state index >= 15 is 0 Å². The highest BCUT2D eigenvalue weighted by Gasteiger charge is 2.34. The van der Waals surface area contributed by atoms with Crippen LogP contribution in [0.2, 0.25) is 0 Å². The van der Waals surface area contributed by atoms with Crippen molar-refractivity contribution in [2.24, 2.45) is 5.73 Å². The summed E-state index contributed by atoms with van der Waals surface area (Å²) in [5.41, 5.74) is 13.0. The van der Waals surface area contributed by atoms with Crippen molar-refractivity contribution >= 4 is 29.9 Å². The van der Waals surface area contributed by atoms with E-state index in [0.717, 1.165) is 78.7 Å². The van der Waals surface area contributed by atoms with Crippen molar-refractivity contribution < 1.29 is 14.3 Å². The summed E-state index contributed by atoms with van der Waals surface area (Å²) in [6.45, 7) is 9.83. The van der Waals surface area contributed by atoms with Gasteiger partial charge in [0.2, 0.25) is 0 Å². The molecule has 7 nitrogen and oxygen atoms in total. The Hall–Kier alpha value is -4.46. The summed E-state index contributed by atoms with van der Waals surface area (Å²) in [4.78, 5) is 20.1. The number of nitrogens with zero attached hydrogens (tertiary/aromatic N) is 3. The average Bonchev–Trinajstić information content (AvgIpc) is 3.38. The lowest BCUT2D eigenvalue weighted by Gasteiger charge is -2.38. The zero-order valence-corrected chi connectivity index (χ0v) is 24.9. The molecule has 6 rings (SSSR count). The summed E-state index contributed by atoms with van der Waals surface area (Å²) >= 11 is 0. The first-order valence-corrected chi connectivity index (χ1v) is 14.8. The van der Waals surface area contributed by atoms with Gasteiger partial charge < -0.3 is 20.1 Å². The van der Waals surface area contributed by atoms with E-state index in [9.17, 15) is 4.79 Å². The molecule has 0 spiro atoms. The third-order valence-electron chi connectivity index (χ3n) is 8.69. The zero-order valence-electron chi connectivity index (χ0n) is 24.9. The van der Waals surface area contributed by atoms with E-state index in [0.29, 0.717) is 17.0 Å². The van der Waals surface area contributed by atoms with Crippen molar-refractivity contribution in [3.8, 4) is 17.1 Å². The standard InChI is InChI=1S/C36H38N4O3/c1-25(27-8-6-9-30(24-27)39-20-22-43-23-21-39)12-17-33-26(2)40(29-15-13-28(14-16-29)36(37)18-7-19-36)34(38-33)31-10-4-5-11-32(31)35(41)42-3/h4-6,8-17,24H,2,7,18-23,37H2,1,3H3/b25-12+,33-17+. The van der Waals surface area contributed by atoms with Crippen LogP contribution in [0.25, 0.3) is 35.3 Å². The van der Waals surface area contributed by atoms with E-state index in [1.807, 2.05) is 28.8 Å². The van der Waals surface area contributed by atoms with Gasteiger partial charge in [-0.2, -0.15) is 0 Å². The molecule has 43 heavy (non-hydrogen) atoms. The first-order valence-electron chi connectivity index (χ1n) is 14.8. The van der Waals surface area contributed by atoms with E-state index in [-0.39, 0.29) is 5.54 Å². The van der Waals surface area contributed by atoms with Crippen LogP contribution < -0.4 is 21.3 Å². The molecular weight excluding hydrogens is 536 g/mol. The SMILES string of the molecule is C=c1/c(=C\C=C(/C)c2cccc(N3CCOCC3)c2)nc(-c2ccccc2C(=O)OC)n1-c1ccc(C2(N)CCC2)cc1. The Bertz CT molecular complexity index is 1780. The average molecular weight is 575 g/mol. The summed E-state index contributed by atoms with van der Waals surface area (Å²) < 4.78 is 12.6. The molecular formula is C36H38N4O3. The summed E-state index contributed by atoms with van der Waals surface area (Å²) in [5, 5.41) is 1.44. The van der Waals surface area contributed by atoms with Crippen LogP contribution >= 0.6 is 0 Å². The van der Waals surface area contributed by atoms with Gasteiger partial charge in [-0.3, -0.25) is 4.57 Å². The van der Waals surface area contributed by atoms with Crippen LogP contribution in [0, 0.1) is 0 Å². The van der Waals surface area contributed by atoms with Gasteiger partial charge in [0.25, 0.3) is 0 Å². The Balaban J connectivity index is 1.43. The highest BCUT2D eigenvalue weighted by molar-refractivity contribution is 5.96. The van der Waals surface area contributed by atoms with Gasteiger partial charge in [-0.1, -0.05) is 55.1 Å². The van der Waals surface area contributed by atoms with Crippen molar-refractivity contribution in [2.45, 2.75) is 31.7 Å². The minimum atomic E-state index is -0.414. The Morgan fingerprint density at radius 2 is 1.77 bits per heavy atom. The Morgan fingerprint density at radius 3 is 2.47 bits per heavy atom. The second-order valence-corrected chi connectivity index (χ2v) is 11.4. The van der Waals surface area contributed by atoms with Crippen LogP contribution in [0.5, 0.6) is 0 Å². The van der Waals surface area contributed by atoms with Gasteiger partial charge >= 0.3 is 5.97 Å². The van der Waals surface area contributed by atoms with E-state index in [2.05, 4.69) is 73.0 Å². The van der Waals surface area contributed by atoms with Crippen LogP contribution in [-0.2, 0) is 15.0 Å². The predicted molar refractivity (Wildman–Crippen MR) is 172 cm³/mol. The minimum Gasteiger partial charge on any atom is -0.465 e. The van der Waals surface area contributed by atoms with Crippen molar-refractivity contribution in [3.05, 3.63) is 106 Å². The predicted octanol–water partition coefficient (Wildman–Crippen LogP) is 4.79. The zero-order chi connectivity index (χ0) is 30.0. The molecule has 2 N–H and O–H groups in total. The third kappa shape index (κ3) is 5.66. The van der Waals surface area contributed by atoms with Gasteiger partial charge in [0.1, 0.15) is 5.82 Å². The minimum absolute atomic E-state index is 0.249. The number of anilines is 1. The number of aromatic nitrogens is 2. The van der Waals surface area contributed by atoms with E-state index in [1.54, 1.807) is 6.07 Å². The maximum atomic E-state index is 12.7. The Labute approximate surface area is 252 Å². The first kappa shape index (κ1) is 28.6. The number of rotatable bonds is 7. The Kier molecular flexibility index (Phi) is 8.02. The third-order valence-corrected chi connectivity index (χ3v) is 8.69. The molecule has 0 radical (unpaired) electrons. The maximum absolute atomic E-state index is 12.7. The second kappa shape index (κ2) is 12.0. The molecule has 1 aliphatic heterocycles. The van der Waals surface area contributed by atoms with Gasteiger partial charge in [-0.25, -0.2) is 9.78 Å². The molecule has 1 saturated carbocycles. The molecule has 2 heterocycles. The number of ether oxygens (including phenoxy) is 2. The van der Waals surface area contributed by atoms with Crippen LogP contribution in [0.4, 0.5) is 5.69 Å². The number of hydrogen-bond donors (Lipinski definition) is 1.